The third-order valence-electron chi connectivity index (χ3n) is 3.66. The molecule has 2 aromatic carbocycles. The van der Waals surface area contributed by atoms with E-state index in [1.807, 2.05) is 4.90 Å². The minimum absolute atomic E-state index is 0.117. The molecule has 0 aliphatic rings. The van der Waals surface area contributed by atoms with Crippen LogP contribution < -0.4 is 0 Å². The standard InChI is InChI=1S/C19H21NO6/c1-20(10-12-25-18(23)14-6-2-4-8-16(14)21)11-13-26-19(24)15-7-3-5-9-17(15)22/h2-9,21-22H,10-13H2,1H3. The number of nitrogens with zero attached hydrogens (tertiary/aromatic N) is 1. The molecule has 2 aromatic rings. The zero-order chi connectivity index (χ0) is 18.9. The van der Waals surface area contributed by atoms with Gasteiger partial charge < -0.3 is 19.7 Å². The van der Waals surface area contributed by atoms with Crippen LogP contribution >= 0.6 is 0 Å². The van der Waals surface area contributed by atoms with Crippen LogP contribution in [0, 0.1) is 0 Å². The van der Waals surface area contributed by atoms with E-state index in [4.69, 9.17) is 9.47 Å². The number of ether oxygens (including phenoxy) is 2. The van der Waals surface area contributed by atoms with Gasteiger partial charge in [-0.15, -0.1) is 0 Å². The van der Waals surface area contributed by atoms with Crippen LogP contribution in [0.5, 0.6) is 11.5 Å². The number of esters is 2. The molecule has 0 aliphatic carbocycles. The summed E-state index contributed by atoms with van der Waals surface area (Å²) in [6.45, 7) is 1.15. The van der Waals surface area contributed by atoms with Gasteiger partial charge in [0.1, 0.15) is 35.8 Å². The Kier molecular flexibility index (Phi) is 6.99. The van der Waals surface area contributed by atoms with Gasteiger partial charge in [0.2, 0.25) is 0 Å². The fraction of sp³-hybridized carbons (Fsp3) is 0.263. The lowest BCUT2D eigenvalue weighted by molar-refractivity contribution is 0.0417. The van der Waals surface area contributed by atoms with Crippen LogP contribution in [0.4, 0.5) is 0 Å². The summed E-state index contributed by atoms with van der Waals surface area (Å²) in [4.78, 5) is 25.5. The Balaban J connectivity index is 1.67. The number of hydrogen-bond donors (Lipinski definition) is 2. The van der Waals surface area contributed by atoms with Gasteiger partial charge in [-0.3, -0.25) is 4.90 Å². The molecule has 0 fully saturated rings. The molecule has 0 atom stereocenters. The zero-order valence-electron chi connectivity index (χ0n) is 14.4. The van der Waals surface area contributed by atoms with E-state index in [9.17, 15) is 19.8 Å². The molecule has 0 aromatic heterocycles. The topological polar surface area (TPSA) is 96.3 Å². The van der Waals surface area contributed by atoms with Crippen molar-refractivity contribution in [2.45, 2.75) is 0 Å². The quantitative estimate of drug-likeness (QED) is 0.696. The second-order valence-electron chi connectivity index (χ2n) is 5.61. The van der Waals surface area contributed by atoms with E-state index in [0.717, 1.165) is 0 Å². The van der Waals surface area contributed by atoms with Gasteiger partial charge in [-0.1, -0.05) is 24.3 Å². The Morgan fingerprint density at radius 2 is 1.19 bits per heavy atom. The molecule has 0 aliphatic heterocycles. The fourth-order valence-electron chi connectivity index (χ4n) is 2.15. The monoisotopic (exact) mass is 359 g/mol. The van der Waals surface area contributed by atoms with E-state index in [1.165, 1.54) is 24.3 Å². The average molecular weight is 359 g/mol. The predicted molar refractivity (Wildman–Crippen MR) is 94.3 cm³/mol. The minimum Gasteiger partial charge on any atom is -0.507 e. The summed E-state index contributed by atoms with van der Waals surface area (Å²) in [6, 6.07) is 12.3. The number of phenolic OH excluding ortho intramolecular Hbond substituents is 2. The molecular weight excluding hydrogens is 338 g/mol. The highest BCUT2D eigenvalue weighted by molar-refractivity contribution is 5.92. The lowest BCUT2D eigenvalue weighted by atomic mass is 10.2. The van der Waals surface area contributed by atoms with E-state index in [1.54, 1.807) is 31.3 Å². The van der Waals surface area contributed by atoms with Crippen LogP contribution in [0.25, 0.3) is 0 Å². The molecule has 7 nitrogen and oxygen atoms in total. The van der Waals surface area contributed by atoms with Crippen molar-refractivity contribution in [2.24, 2.45) is 0 Å². The average Bonchev–Trinajstić information content (AvgIpc) is 2.62. The number of hydrogen-bond acceptors (Lipinski definition) is 7. The lowest BCUT2D eigenvalue weighted by Crippen LogP contribution is -2.28. The number of benzene rings is 2. The first-order valence-corrected chi connectivity index (χ1v) is 8.08. The molecule has 0 spiro atoms. The largest absolute Gasteiger partial charge is 0.507 e. The van der Waals surface area contributed by atoms with Crippen molar-refractivity contribution in [2.75, 3.05) is 33.4 Å². The summed E-state index contributed by atoms with van der Waals surface area (Å²) >= 11 is 0. The predicted octanol–water partition coefficient (Wildman–Crippen LogP) is 2.04. The first-order valence-electron chi connectivity index (χ1n) is 8.08. The SMILES string of the molecule is CN(CCOC(=O)c1ccccc1O)CCOC(=O)c1ccccc1O. The summed E-state index contributed by atoms with van der Waals surface area (Å²) in [7, 11) is 1.79. The van der Waals surface area contributed by atoms with Crippen LogP contribution in [0.1, 0.15) is 20.7 Å². The molecule has 0 bridgehead atoms. The van der Waals surface area contributed by atoms with E-state index in [0.29, 0.717) is 13.1 Å². The molecule has 0 amide bonds. The van der Waals surface area contributed by atoms with Crippen molar-refractivity contribution in [1.29, 1.82) is 0 Å². The second-order valence-corrected chi connectivity index (χ2v) is 5.61. The van der Waals surface area contributed by atoms with E-state index >= 15 is 0 Å². The van der Waals surface area contributed by atoms with Gasteiger partial charge in [0, 0.05) is 13.1 Å². The van der Waals surface area contributed by atoms with Crippen molar-refractivity contribution >= 4 is 11.9 Å². The van der Waals surface area contributed by atoms with E-state index in [-0.39, 0.29) is 35.8 Å². The molecule has 138 valence electrons. The summed E-state index contributed by atoms with van der Waals surface area (Å²) in [6.07, 6.45) is 0. The molecule has 26 heavy (non-hydrogen) atoms. The zero-order valence-corrected chi connectivity index (χ0v) is 14.4. The van der Waals surface area contributed by atoms with Crippen LogP contribution in [0.3, 0.4) is 0 Å². The third-order valence-corrected chi connectivity index (χ3v) is 3.66. The summed E-state index contributed by atoms with van der Waals surface area (Å²) in [5.74, 6) is -1.44. The van der Waals surface area contributed by atoms with Gasteiger partial charge in [-0.05, 0) is 31.3 Å². The second kappa shape index (κ2) is 9.43. The highest BCUT2D eigenvalue weighted by atomic mass is 16.5. The first-order chi connectivity index (χ1) is 12.5. The summed E-state index contributed by atoms with van der Waals surface area (Å²) in [5, 5.41) is 19.2. The third kappa shape index (κ3) is 5.49. The normalized spacial score (nSPS) is 10.5. The van der Waals surface area contributed by atoms with Gasteiger partial charge in [0.25, 0.3) is 0 Å². The number of carbonyl (C=O) groups excluding carboxylic acids is 2. The highest BCUT2D eigenvalue weighted by Crippen LogP contribution is 2.17. The van der Waals surface area contributed by atoms with Gasteiger partial charge in [0.15, 0.2) is 0 Å². The van der Waals surface area contributed by atoms with Crippen LogP contribution in [0.2, 0.25) is 0 Å². The molecule has 0 unspecified atom stereocenters. The molecule has 7 heteroatoms. The lowest BCUT2D eigenvalue weighted by Gasteiger charge is -2.16. The molecule has 0 saturated heterocycles. The Bertz CT molecular complexity index is 698. The number of rotatable bonds is 8. The van der Waals surface area contributed by atoms with Gasteiger partial charge in [-0.2, -0.15) is 0 Å². The number of para-hydroxylation sites is 2. The molecule has 2 N–H and O–H groups in total. The number of aromatic hydroxyl groups is 2. The maximum Gasteiger partial charge on any atom is 0.341 e. The van der Waals surface area contributed by atoms with Crippen molar-refractivity contribution in [3.63, 3.8) is 0 Å². The van der Waals surface area contributed by atoms with Gasteiger partial charge in [-0.25, -0.2) is 9.59 Å². The van der Waals surface area contributed by atoms with Crippen LogP contribution in [-0.4, -0.2) is 60.4 Å². The summed E-state index contributed by atoms with van der Waals surface area (Å²) < 4.78 is 10.2. The Labute approximate surface area is 151 Å². The highest BCUT2D eigenvalue weighted by Gasteiger charge is 2.13. The van der Waals surface area contributed by atoms with Gasteiger partial charge in [0.05, 0.1) is 0 Å². The smallest absolute Gasteiger partial charge is 0.341 e. The number of likely N-dealkylation sites (N-methyl/N-ethyl adjacent to an activating group) is 1. The van der Waals surface area contributed by atoms with Crippen LogP contribution in [0.15, 0.2) is 48.5 Å². The van der Waals surface area contributed by atoms with Crippen molar-refractivity contribution in [3.8, 4) is 11.5 Å². The minimum atomic E-state index is -0.595. The molecular formula is C19H21NO6. The Hall–Kier alpha value is -3.06. The van der Waals surface area contributed by atoms with E-state index < -0.39 is 11.9 Å². The van der Waals surface area contributed by atoms with Crippen LogP contribution in [-0.2, 0) is 9.47 Å². The van der Waals surface area contributed by atoms with Gasteiger partial charge >= 0.3 is 11.9 Å². The Morgan fingerprint density at radius 1 is 0.808 bits per heavy atom. The number of carbonyl (C=O) groups is 2. The molecule has 0 radical (unpaired) electrons. The fourth-order valence-corrected chi connectivity index (χ4v) is 2.15. The molecule has 0 saturated carbocycles. The number of phenols is 2. The maximum atomic E-state index is 11.8. The molecule has 0 heterocycles. The molecule has 2 rings (SSSR count). The van der Waals surface area contributed by atoms with E-state index in [2.05, 4.69) is 0 Å². The summed E-state index contributed by atoms with van der Waals surface area (Å²) in [5.41, 5.74) is 0.235. The maximum absolute atomic E-state index is 11.8. The first kappa shape index (κ1) is 19.3. The van der Waals surface area contributed by atoms with Crippen molar-refractivity contribution < 1.29 is 29.3 Å². The van der Waals surface area contributed by atoms with Crippen molar-refractivity contribution in [1.82, 2.24) is 4.90 Å². The van der Waals surface area contributed by atoms with Crippen molar-refractivity contribution in [3.05, 3.63) is 59.7 Å². The Morgan fingerprint density at radius 3 is 1.58 bits per heavy atom.